The van der Waals surface area contributed by atoms with Crippen LogP contribution in [0.3, 0.4) is 0 Å². The first kappa shape index (κ1) is 18.3. The molecule has 0 N–H and O–H groups in total. The summed E-state index contributed by atoms with van der Waals surface area (Å²) in [6.45, 7) is 5.53. The fraction of sp³-hybridized carbons (Fsp3) is 0.421. The van der Waals surface area contributed by atoms with Crippen molar-refractivity contribution in [1.82, 2.24) is 4.57 Å². The van der Waals surface area contributed by atoms with Crippen LogP contribution in [0.5, 0.6) is 5.75 Å². The number of hydrogen-bond acceptors (Lipinski definition) is 3. The second-order valence-corrected chi connectivity index (χ2v) is 7.22. The molecule has 1 saturated heterocycles. The van der Waals surface area contributed by atoms with E-state index in [0.717, 1.165) is 37.4 Å². The maximum absolute atomic E-state index is 12.6. The molecule has 1 aliphatic heterocycles. The average Bonchev–Trinajstić information content (AvgIpc) is 3.15. The monoisotopic (exact) mass is 381 g/mol. The molecule has 0 unspecified atom stereocenters. The summed E-state index contributed by atoms with van der Waals surface area (Å²) in [7, 11) is 0. The van der Waals surface area contributed by atoms with Gasteiger partial charge in [0.15, 0.2) is 6.61 Å². The third kappa shape index (κ3) is 4.38. The molecule has 0 amide bonds. The van der Waals surface area contributed by atoms with Gasteiger partial charge >= 0.3 is 0 Å². The zero-order chi connectivity index (χ0) is 18.0. The molecule has 1 fully saturated rings. The number of ether oxygens (including phenoxy) is 2. The van der Waals surface area contributed by atoms with Crippen LogP contribution in [0.15, 0.2) is 24.3 Å². The first-order chi connectivity index (χ1) is 11.9. The molecule has 1 atom stereocenters. The van der Waals surface area contributed by atoms with E-state index in [1.165, 1.54) is 0 Å². The van der Waals surface area contributed by atoms with Gasteiger partial charge in [-0.15, -0.1) is 0 Å². The molecular weight excluding hydrogens is 361 g/mol. The standard InChI is InChI=1S/C19H21Cl2NO3/c1-12-6-18(13(2)22(12)10-16-4-3-5-24-16)19(23)11-25-17-8-14(20)7-15(21)9-17/h6-9,16H,3-5,10-11H2,1-2H3/t16-/m1/s1. The number of carbonyl (C=O) groups excluding carboxylic acids is 1. The highest BCUT2D eigenvalue weighted by Gasteiger charge is 2.21. The lowest BCUT2D eigenvalue weighted by Crippen LogP contribution is -2.18. The Morgan fingerprint density at radius 3 is 2.60 bits per heavy atom. The zero-order valence-corrected chi connectivity index (χ0v) is 15.9. The van der Waals surface area contributed by atoms with Gasteiger partial charge in [-0.2, -0.15) is 0 Å². The molecule has 2 aromatic rings. The van der Waals surface area contributed by atoms with Crippen LogP contribution in [0.4, 0.5) is 0 Å². The van der Waals surface area contributed by atoms with E-state index in [-0.39, 0.29) is 18.5 Å². The van der Waals surface area contributed by atoms with Crippen molar-refractivity contribution in [3.63, 3.8) is 0 Å². The summed E-state index contributed by atoms with van der Waals surface area (Å²) in [4.78, 5) is 12.6. The fourth-order valence-corrected chi connectivity index (χ4v) is 3.70. The topological polar surface area (TPSA) is 40.5 Å². The Labute approximate surface area is 157 Å². The third-order valence-corrected chi connectivity index (χ3v) is 4.93. The molecule has 0 radical (unpaired) electrons. The number of hydrogen-bond donors (Lipinski definition) is 0. The zero-order valence-electron chi connectivity index (χ0n) is 14.4. The Morgan fingerprint density at radius 1 is 1.24 bits per heavy atom. The Hall–Kier alpha value is -1.49. The number of aromatic nitrogens is 1. The SMILES string of the molecule is Cc1cc(C(=O)COc2cc(Cl)cc(Cl)c2)c(C)n1C[C@H]1CCCO1. The van der Waals surface area contributed by atoms with Crippen LogP contribution in [0, 0.1) is 13.8 Å². The molecule has 1 aliphatic rings. The summed E-state index contributed by atoms with van der Waals surface area (Å²) in [6.07, 6.45) is 2.41. The highest BCUT2D eigenvalue weighted by Crippen LogP contribution is 2.25. The van der Waals surface area contributed by atoms with Crippen molar-refractivity contribution in [2.45, 2.75) is 39.3 Å². The van der Waals surface area contributed by atoms with Gasteiger partial charge < -0.3 is 14.0 Å². The van der Waals surface area contributed by atoms with Crippen molar-refractivity contribution in [1.29, 1.82) is 0 Å². The molecule has 1 aromatic carbocycles. The Morgan fingerprint density at radius 2 is 1.96 bits per heavy atom. The highest BCUT2D eigenvalue weighted by atomic mass is 35.5. The number of rotatable bonds is 6. The predicted molar refractivity (Wildman–Crippen MR) is 99.2 cm³/mol. The van der Waals surface area contributed by atoms with Gasteiger partial charge in [0.1, 0.15) is 5.75 Å². The highest BCUT2D eigenvalue weighted by molar-refractivity contribution is 6.34. The van der Waals surface area contributed by atoms with E-state index >= 15 is 0 Å². The van der Waals surface area contributed by atoms with Crippen molar-refractivity contribution in [3.8, 4) is 5.75 Å². The number of carbonyl (C=O) groups is 1. The Balaban J connectivity index is 1.69. The summed E-state index contributed by atoms with van der Waals surface area (Å²) in [5.41, 5.74) is 2.69. The molecule has 1 aromatic heterocycles. The Bertz CT molecular complexity index is 759. The number of Topliss-reactive ketones (excluding diaryl/α,β-unsaturated/α-hetero) is 1. The summed E-state index contributed by atoms with van der Waals surface area (Å²) in [5, 5.41) is 0.953. The fourth-order valence-electron chi connectivity index (χ4n) is 3.19. The van der Waals surface area contributed by atoms with E-state index in [0.29, 0.717) is 21.4 Å². The molecule has 2 heterocycles. The molecule has 3 rings (SSSR count). The summed E-state index contributed by atoms with van der Waals surface area (Å²) < 4.78 is 13.4. The maximum Gasteiger partial charge on any atom is 0.202 e. The number of aryl methyl sites for hydroxylation is 1. The van der Waals surface area contributed by atoms with E-state index in [9.17, 15) is 4.79 Å². The first-order valence-electron chi connectivity index (χ1n) is 8.34. The minimum Gasteiger partial charge on any atom is -0.485 e. The van der Waals surface area contributed by atoms with Crippen molar-refractivity contribution in [3.05, 3.63) is 51.3 Å². The van der Waals surface area contributed by atoms with Crippen molar-refractivity contribution >= 4 is 29.0 Å². The van der Waals surface area contributed by atoms with Gasteiger partial charge in [0, 0.05) is 40.1 Å². The minimum atomic E-state index is -0.0669. The second-order valence-electron chi connectivity index (χ2n) is 6.35. The van der Waals surface area contributed by atoms with E-state index < -0.39 is 0 Å². The van der Waals surface area contributed by atoms with Gasteiger partial charge in [-0.1, -0.05) is 23.2 Å². The van der Waals surface area contributed by atoms with Crippen molar-refractivity contribution in [2.75, 3.05) is 13.2 Å². The molecule has 0 aliphatic carbocycles. The van der Waals surface area contributed by atoms with Crippen LogP contribution >= 0.6 is 23.2 Å². The minimum absolute atomic E-state index is 0.0547. The quantitative estimate of drug-likeness (QED) is 0.671. The molecule has 25 heavy (non-hydrogen) atoms. The maximum atomic E-state index is 12.6. The Kier molecular flexibility index (Phi) is 5.72. The summed E-state index contributed by atoms with van der Waals surface area (Å²) >= 11 is 11.9. The van der Waals surface area contributed by atoms with E-state index in [4.69, 9.17) is 32.7 Å². The van der Waals surface area contributed by atoms with Crippen LogP contribution in [0.25, 0.3) is 0 Å². The number of benzene rings is 1. The third-order valence-electron chi connectivity index (χ3n) is 4.49. The smallest absolute Gasteiger partial charge is 0.202 e. The largest absolute Gasteiger partial charge is 0.485 e. The predicted octanol–water partition coefficient (Wildman–Crippen LogP) is 4.85. The van der Waals surface area contributed by atoms with Crippen LogP contribution in [0.1, 0.15) is 34.6 Å². The van der Waals surface area contributed by atoms with Crippen LogP contribution < -0.4 is 4.74 Å². The second kappa shape index (κ2) is 7.81. The summed E-state index contributed by atoms with van der Waals surface area (Å²) in [5.74, 6) is 0.418. The van der Waals surface area contributed by atoms with Crippen LogP contribution in [0.2, 0.25) is 10.0 Å². The van der Waals surface area contributed by atoms with E-state index in [2.05, 4.69) is 4.57 Å². The molecular formula is C19H21Cl2NO3. The van der Waals surface area contributed by atoms with Gasteiger partial charge in [0.05, 0.1) is 6.10 Å². The lowest BCUT2D eigenvalue weighted by Gasteiger charge is -2.14. The number of nitrogens with zero attached hydrogens (tertiary/aromatic N) is 1. The normalized spacial score (nSPS) is 17.0. The van der Waals surface area contributed by atoms with Crippen molar-refractivity contribution < 1.29 is 14.3 Å². The van der Waals surface area contributed by atoms with Gasteiger partial charge in [-0.3, -0.25) is 4.79 Å². The molecule has 4 nitrogen and oxygen atoms in total. The first-order valence-corrected chi connectivity index (χ1v) is 9.10. The molecule has 0 bridgehead atoms. The molecule has 0 saturated carbocycles. The van der Waals surface area contributed by atoms with E-state index in [1.54, 1.807) is 18.2 Å². The van der Waals surface area contributed by atoms with Gasteiger partial charge in [0.25, 0.3) is 0 Å². The number of ketones is 1. The molecule has 0 spiro atoms. The summed E-state index contributed by atoms with van der Waals surface area (Å²) in [6, 6.07) is 6.82. The molecule has 6 heteroatoms. The lowest BCUT2D eigenvalue weighted by molar-refractivity contribution is 0.0914. The van der Waals surface area contributed by atoms with Crippen LogP contribution in [-0.4, -0.2) is 29.7 Å². The average molecular weight is 382 g/mol. The van der Waals surface area contributed by atoms with E-state index in [1.807, 2.05) is 19.9 Å². The van der Waals surface area contributed by atoms with Crippen LogP contribution in [-0.2, 0) is 11.3 Å². The van der Waals surface area contributed by atoms with Crippen molar-refractivity contribution in [2.24, 2.45) is 0 Å². The van der Waals surface area contributed by atoms with Gasteiger partial charge in [-0.25, -0.2) is 0 Å². The molecule has 134 valence electrons. The van der Waals surface area contributed by atoms with Gasteiger partial charge in [-0.05, 0) is 51.0 Å². The lowest BCUT2D eigenvalue weighted by atomic mass is 10.1. The van der Waals surface area contributed by atoms with Gasteiger partial charge in [0.2, 0.25) is 5.78 Å². The number of halogens is 2.